The van der Waals surface area contributed by atoms with Crippen LogP contribution in [-0.4, -0.2) is 50.6 Å². The van der Waals surface area contributed by atoms with Crippen molar-refractivity contribution >= 4 is 27.8 Å². The van der Waals surface area contributed by atoms with Crippen LogP contribution in [-0.2, 0) is 24.2 Å². The van der Waals surface area contributed by atoms with Crippen molar-refractivity contribution < 1.29 is 27.5 Å². The van der Waals surface area contributed by atoms with Gasteiger partial charge in [-0.3, -0.25) is 4.79 Å². The first-order valence-electron chi connectivity index (χ1n) is 7.87. The number of benzene rings is 1. The molecule has 1 saturated heterocycles. The van der Waals surface area contributed by atoms with E-state index in [1.807, 2.05) is 18.2 Å². The maximum atomic E-state index is 12.1. The van der Waals surface area contributed by atoms with Crippen molar-refractivity contribution in [2.45, 2.75) is 18.9 Å². The molecule has 7 nitrogen and oxygen atoms in total. The summed E-state index contributed by atoms with van der Waals surface area (Å²) in [5.74, 6) is -0.519. The van der Waals surface area contributed by atoms with Crippen LogP contribution in [0.15, 0.2) is 29.8 Å². The number of carbonyl (C=O) groups is 2. The van der Waals surface area contributed by atoms with E-state index in [-0.39, 0.29) is 18.1 Å². The zero-order valence-electron chi connectivity index (χ0n) is 13.8. The normalized spacial score (nSPS) is 23.8. The van der Waals surface area contributed by atoms with Crippen LogP contribution in [0.4, 0.5) is 0 Å². The molecule has 0 saturated carbocycles. The number of esters is 1. The fraction of sp³-hybridized carbons (Fsp3) is 0.412. The third-order valence-electron chi connectivity index (χ3n) is 4.17. The van der Waals surface area contributed by atoms with Gasteiger partial charge in [-0.15, -0.1) is 0 Å². The van der Waals surface area contributed by atoms with E-state index in [1.54, 1.807) is 19.1 Å². The third kappa shape index (κ3) is 4.19. The quantitative estimate of drug-likeness (QED) is 0.789. The maximum absolute atomic E-state index is 12.1. The summed E-state index contributed by atoms with van der Waals surface area (Å²) in [5.41, 5.74) is 0.282. The lowest BCUT2D eigenvalue weighted by molar-refractivity contribution is -0.145. The Kier molecular flexibility index (Phi) is 4.55. The van der Waals surface area contributed by atoms with Crippen molar-refractivity contribution in [3.63, 3.8) is 0 Å². The molecule has 1 fully saturated rings. The maximum Gasteiger partial charge on any atom is 0.338 e. The Labute approximate surface area is 145 Å². The second-order valence-corrected chi connectivity index (χ2v) is 8.71. The molecular formula is C17H19NO6S. The number of rotatable bonds is 4. The van der Waals surface area contributed by atoms with E-state index in [1.165, 1.54) is 0 Å². The highest BCUT2D eigenvalue weighted by molar-refractivity contribution is 7.91. The van der Waals surface area contributed by atoms with Crippen LogP contribution in [0, 0.1) is 0 Å². The van der Waals surface area contributed by atoms with Gasteiger partial charge < -0.3 is 14.8 Å². The molecule has 2 aliphatic heterocycles. The van der Waals surface area contributed by atoms with Crippen LogP contribution in [0.2, 0.25) is 0 Å². The molecule has 8 heteroatoms. The summed E-state index contributed by atoms with van der Waals surface area (Å²) >= 11 is 0. The lowest BCUT2D eigenvalue weighted by atomic mass is 10.0. The van der Waals surface area contributed by atoms with Crippen LogP contribution >= 0.6 is 0 Å². The smallest absolute Gasteiger partial charge is 0.338 e. The van der Waals surface area contributed by atoms with Crippen molar-refractivity contribution in [2.24, 2.45) is 0 Å². The summed E-state index contributed by atoms with van der Waals surface area (Å²) in [7, 11) is -3.12. The van der Waals surface area contributed by atoms with E-state index >= 15 is 0 Å². The van der Waals surface area contributed by atoms with Crippen molar-refractivity contribution in [1.29, 1.82) is 0 Å². The van der Waals surface area contributed by atoms with E-state index in [9.17, 15) is 18.0 Å². The first kappa shape index (κ1) is 17.5. The second-order valence-electron chi connectivity index (χ2n) is 6.52. The minimum absolute atomic E-state index is 0.0488. The van der Waals surface area contributed by atoms with Crippen molar-refractivity contribution in [3.8, 4) is 5.75 Å². The number of hydrogen-bond acceptors (Lipinski definition) is 6. The third-order valence-corrected chi connectivity index (χ3v) is 6.08. The molecule has 25 heavy (non-hydrogen) atoms. The highest BCUT2D eigenvalue weighted by Crippen LogP contribution is 2.26. The van der Waals surface area contributed by atoms with Gasteiger partial charge in [0.1, 0.15) is 12.4 Å². The molecule has 3 rings (SSSR count). The molecule has 0 bridgehead atoms. The van der Waals surface area contributed by atoms with Crippen LogP contribution in [0.25, 0.3) is 6.08 Å². The molecule has 134 valence electrons. The van der Waals surface area contributed by atoms with E-state index < -0.39 is 33.9 Å². The summed E-state index contributed by atoms with van der Waals surface area (Å²) in [5, 5.41) is 2.64. The standard InChI is InChI=1S/C17H19NO6S/c1-17(6-7-25(21,22)11-17)18-15(19)10-24-16(20)13-8-12-4-2-3-5-14(12)23-9-13/h2-5,8H,6-7,9-11H2,1H3,(H,18,19)/t17-/m0/s1. The van der Waals surface area contributed by atoms with Gasteiger partial charge in [-0.25, -0.2) is 13.2 Å². The molecule has 1 N–H and O–H groups in total. The Hall–Kier alpha value is -2.35. The van der Waals surface area contributed by atoms with Gasteiger partial charge >= 0.3 is 5.97 Å². The van der Waals surface area contributed by atoms with Gasteiger partial charge in [0.05, 0.1) is 22.6 Å². The van der Waals surface area contributed by atoms with Gasteiger partial charge in [0.15, 0.2) is 16.4 Å². The van der Waals surface area contributed by atoms with Crippen LogP contribution in [0.3, 0.4) is 0 Å². The highest BCUT2D eigenvalue weighted by atomic mass is 32.2. The number of sulfone groups is 1. The van der Waals surface area contributed by atoms with E-state index in [4.69, 9.17) is 9.47 Å². The molecule has 0 unspecified atom stereocenters. The van der Waals surface area contributed by atoms with Crippen molar-refractivity contribution in [1.82, 2.24) is 5.32 Å². The minimum Gasteiger partial charge on any atom is -0.488 e. The molecular weight excluding hydrogens is 346 g/mol. The summed E-state index contributed by atoms with van der Waals surface area (Å²) < 4.78 is 33.6. The number of hydrogen-bond donors (Lipinski definition) is 1. The SMILES string of the molecule is C[C@]1(NC(=O)COC(=O)C2=Cc3ccccc3OC2)CCS(=O)(=O)C1. The van der Waals surface area contributed by atoms with Crippen LogP contribution in [0.1, 0.15) is 18.9 Å². The zero-order chi connectivity index (χ0) is 18.1. The van der Waals surface area contributed by atoms with Crippen LogP contribution < -0.4 is 10.1 Å². The first-order valence-corrected chi connectivity index (χ1v) is 9.69. The largest absolute Gasteiger partial charge is 0.488 e. The Bertz CT molecular complexity index is 844. The highest BCUT2D eigenvalue weighted by Gasteiger charge is 2.39. The number of ether oxygens (including phenoxy) is 2. The first-order chi connectivity index (χ1) is 11.8. The fourth-order valence-corrected chi connectivity index (χ4v) is 5.03. The Balaban J connectivity index is 1.55. The molecule has 0 radical (unpaired) electrons. The zero-order valence-corrected chi connectivity index (χ0v) is 14.6. The van der Waals surface area contributed by atoms with Gasteiger partial charge in [-0.2, -0.15) is 0 Å². The fourth-order valence-electron chi connectivity index (χ4n) is 2.94. The summed E-state index contributed by atoms with van der Waals surface area (Å²) in [6, 6.07) is 7.29. The number of carbonyl (C=O) groups excluding carboxylic acids is 2. The van der Waals surface area contributed by atoms with Gasteiger partial charge in [-0.1, -0.05) is 18.2 Å². The topological polar surface area (TPSA) is 98.8 Å². The molecule has 1 aromatic rings. The number of fused-ring (bicyclic) bond motifs is 1. The van der Waals surface area contributed by atoms with Gasteiger partial charge in [0.25, 0.3) is 5.91 Å². The summed E-state index contributed by atoms with van der Waals surface area (Å²) in [4.78, 5) is 24.1. The number of para-hydroxylation sites is 1. The van der Waals surface area contributed by atoms with E-state index in [0.717, 1.165) is 5.56 Å². The van der Waals surface area contributed by atoms with Crippen molar-refractivity contribution in [3.05, 3.63) is 35.4 Å². The summed E-state index contributed by atoms with van der Waals surface area (Å²) in [6.07, 6.45) is 2.02. The molecule has 1 amide bonds. The molecule has 0 aliphatic carbocycles. The monoisotopic (exact) mass is 365 g/mol. The number of nitrogens with one attached hydrogen (secondary N) is 1. The average molecular weight is 365 g/mol. The predicted octanol–water partition coefficient (Wildman–Crippen LogP) is 0.699. The summed E-state index contributed by atoms with van der Waals surface area (Å²) in [6.45, 7) is 1.28. The lowest BCUT2D eigenvalue weighted by Crippen LogP contribution is -2.48. The van der Waals surface area contributed by atoms with E-state index in [2.05, 4.69) is 5.32 Å². The Morgan fingerprint density at radius 3 is 2.80 bits per heavy atom. The van der Waals surface area contributed by atoms with Gasteiger partial charge in [0, 0.05) is 5.56 Å². The molecule has 0 spiro atoms. The Morgan fingerprint density at radius 2 is 2.08 bits per heavy atom. The predicted molar refractivity (Wildman–Crippen MR) is 90.7 cm³/mol. The molecule has 1 aromatic carbocycles. The van der Waals surface area contributed by atoms with Crippen LogP contribution in [0.5, 0.6) is 5.75 Å². The Morgan fingerprint density at radius 1 is 1.32 bits per heavy atom. The molecule has 0 aromatic heterocycles. The van der Waals surface area contributed by atoms with E-state index in [0.29, 0.717) is 17.7 Å². The van der Waals surface area contributed by atoms with Gasteiger partial charge in [-0.05, 0) is 25.5 Å². The average Bonchev–Trinajstić information content (AvgIpc) is 2.85. The molecule has 2 heterocycles. The number of amides is 1. The molecule has 2 aliphatic rings. The second kappa shape index (κ2) is 6.51. The molecule has 1 atom stereocenters. The van der Waals surface area contributed by atoms with Crippen molar-refractivity contribution in [2.75, 3.05) is 24.7 Å². The lowest BCUT2D eigenvalue weighted by Gasteiger charge is -2.23. The minimum atomic E-state index is -3.12. The van der Waals surface area contributed by atoms with Gasteiger partial charge in [0.2, 0.25) is 0 Å².